The summed E-state index contributed by atoms with van der Waals surface area (Å²) in [6.45, 7) is 3.16. The number of nitrogens with one attached hydrogen (secondary N) is 1. The van der Waals surface area contributed by atoms with Crippen LogP contribution in [0, 0.1) is 0 Å². The SMILES string of the molecule is CCCc1ccc(S(=O)(=O)Nc2cccnc2N2C(=O)O[C@H](C(F)(F)F)[C@@H]2C)cc1. The standard InChI is InChI=1S/C19H20F3N3O4S/c1-3-5-13-7-9-14(10-8-13)30(27,28)24-15-6-4-11-23-17(15)25-12(2)16(19(20,21)22)29-18(25)26/h4,6-12,16,24H,3,5H2,1-2H3/t12-,16-/m0/s1. The Balaban J connectivity index is 1.91. The van der Waals surface area contributed by atoms with Gasteiger partial charge in [0, 0.05) is 6.20 Å². The summed E-state index contributed by atoms with van der Waals surface area (Å²) in [5, 5.41) is 0. The Labute approximate surface area is 171 Å². The number of halogens is 3. The molecule has 0 unspecified atom stereocenters. The Morgan fingerprint density at radius 1 is 1.20 bits per heavy atom. The molecule has 1 saturated heterocycles. The highest BCUT2D eigenvalue weighted by Gasteiger charge is 2.55. The van der Waals surface area contributed by atoms with Crippen molar-refractivity contribution in [2.24, 2.45) is 0 Å². The molecule has 1 aliphatic rings. The van der Waals surface area contributed by atoms with Crippen LogP contribution in [0.2, 0.25) is 0 Å². The minimum absolute atomic E-state index is 0.0256. The van der Waals surface area contributed by atoms with Crippen LogP contribution in [0.25, 0.3) is 0 Å². The minimum atomic E-state index is -4.77. The number of sulfonamides is 1. The summed E-state index contributed by atoms with van der Waals surface area (Å²) in [4.78, 5) is 16.7. The van der Waals surface area contributed by atoms with Crippen molar-refractivity contribution in [1.29, 1.82) is 0 Å². The van der Waals surface area contributed by atoms with E-state index in [1.165, 1.54) is 30.5 Å². The number of rotatable bonds is 6. The smallest absolute Gasteiger partial charge is 0.427 e. The number of amides is 1. The Morgan fingerprint density at radius 3 is 2.43 bits per heavy atom. The zero-order chi connectivity index (χ0) is 22.1. The highest BCUT2D eigenvalue weighted by atomic mass is 32.2. The van der Waals surface area contributed by atoms with Crippen molar-refractivity contribution < 1.29 is 31.1 Å². The van der Waals surface area contributed by atoms with Gasteiger partial charge in [-0.3, -0.25) is 9.62 Å². The molecule has 11 heteroatoms. The second kappa shape index (κ2) is 8.13. The van der Waals surface area contributed by atoms with Crippen molar-refractivity contribution in [3.05, 3.63) is 48.2 Å². The maximum Gasteiger partial charge on any atom is 0.427 e. The second-order valence-corrected chi connectivity index (χ2v) is 8.51. The normalized spacial score (nSPS) is 19.6. The molecule has 1 fully saturated rings. The molecule has 0 radical (unpaired) electrons. The van der Waals surface area contributed by atoms with Gasteiger partial charge < -0.3 is 4.74 Å². The van der Waals surface area contributed by atoms with Crippen molar-refractivity contribution in [1.82, 2.24) is 4.98 Å². The lowest BCUT2D eigenvalue weighted by molar-refractivity contribution is -0.198. The predicted molar refractivity (Wildman–Crippen MR) is 104 cm³/mol. The van der Waals surface area contributed by atoms with Crippen LogP contribution in [0.1, 0.15) is 25.8 Å². The van der Waals surface area contributed by atoms with Gasteiger partial charge >= 0.3 is 12.3 Å². The van der Waals surface area contributed by atoms with Gasteiger partial charge in [-0.15, -0.1) is 0 Å². The summed E-state index contributed by atoms with van der Waals surface area (Å²) in [6, 6.07) is 7.55. The molecule has 7 nitrogen and oxygen atoms in total. The summed E-state index contributed by atoms with van der Waals surface area (Å²) in [5.74, 6) is -0.270. The number of anilines is 2. The van der Waals surface area contributed by atoms with Crippen molar-refractivity contribution in [2.45, 2.75) is 49.9 Å². The number of cyclic esters (lactones) is 1. The zero-order valence-corrected chi connectivity index (χ0v) is 17.0. The largest absolute Gasteiger partial charge is 0.434 e. The van der Waals surface area contributed by atoms with Gasteiger partial charge in [0.15, 0.2) is 5.82 Å². The van der Waals surface area contributed by atoms with E-state index in [0.717, 1.165) is 25.3 Å². The number of benzene rings is 1. The maximum atomic E-state index is 13.1. The molecule has 3 rings (SSSR count). The van der Waals surface area contributed by atoms with E-state index in [1.807, 2.05) is 6.92 Å². The fraction of sp³-hybridized carbons (Fsp3) is 0.368. The van der Waals surface area contributed by atoms with Crippen LogP contribution in [0.3, 0.4) is 0 Å². The zero-order valence-electron chi connectivity index (χ0n) is 16.2. The maximum absolute atomic E-state index is 13.1. The van der Waals surface area contributed by atoms with Gasteiger partial charge in [-0.1, -0.05) is 25.5 Å². The molecule has 0 spiro atoms. The summed E-state index contributed by atoms with van der Waals surface area (Å²) in [6.07, 6.45) is -5.41. The number of hydrogen-bond acceptors (Lipinski definition) is 5. The lowest BCUT2D eigenvalue weighted by atomic mass is 10.1. The Bertz CT molecular complexity index is 1030. The fourth-order valence-electron chi connectivity index (χ4n) is 3.18. The van der Waals surface area contributed by atoms with E-state index in [-0.39, 0.29) is 16.4 Å². The van der Waals surface area contributed by atoms with Gasteiger partial charge in [-0.2, -0.15) is 13.2 Å². The molecule has 1 N–H and O–H groups in total. The Hall–Kier alpha value is -2.82. The van der Waals surface area contributed by atoms with E-state index >= 15 is 0 Å². The Morgan fingerprint density at radius 2 is 1.87 bits per heavy atom. The number of hydrogen-bond donors (Lipinski definition) is 1. The first-order valence-corrected chi connectivity index (χ1v) is 10.7. The molecule has 1 aromatic carbocycles. The van der Waals surface area contributed by atoms with Gasteiger partial charge in [0.05, 0.1) is 16.6 Å². The molecule has 2 aromatic rings. The number of alkyl halides is 3. The van der Waals surface area contributed by atoms with E-state index < -0.39 is 34.4 Å². The number of aromatic nitrogens is 1. The molecule has 1 aromatic heterocycles. The van der Waals surface area contributed by atoms with Crippen LogP contribution < -0.4 is 9.62 Å². The van der Waals surface area contributed by atoms with Crippen LogP contribution in [0.4, 0.5) is 29.5 Å². The summed E-state index contributed by atoms with van der Waals surface area (Å²) in [5.41, 5.74) is 0.840. The summed E-state index contributed by atoms with van der Waals surface area (Å²) >= 11 is 0. The molecule has 1 amide bonds. The third-order valence-corrected chi connectivity index (χ3v) is 6.01. The van der Waals surface area contributed by atoms with Gasteiger partial charge in [0.25, 0.3) is 10.0 Å². The molecular formula is C19H20F3N3O4S. The average Bonchev–Trinajstić information content (AvgIpc) is 2.97. The van der Waals surface area contributed by atoms with Crippen LogP contribution in [0.15, 0.2) is 47.5 Å². The van der Waals surface area contributed by atoms with Crippen LogP contribution >= 0.6 is 0 Å². The number of ether oxygens (including phenoxy) is 1. The summed E-state index contributed by atoms with van der Waals surface area (Å²) in [7, 11) is -4.06. The number of carbonyl (C=O) groups is 1. The highest BCUT2D eigenvalue weighted by Crippen LogP contribution is 2.37. The first-order chi connectivity index (χ1) is 14.0. The van der Waals surface area contributed by atoms with Crippen molar-refractivity contribution in [3.8, 4) is 0 Å². The van der Waals surface area contributed by atoms with Crippen LogP contribution in [-0.4, -0.2) is 37.8 Å². The van der Waals surface area contributed by atoms with Gasteiger partial charge in [-0.05, 0) is 43.2 Å². The molecule has 0 saturated carbocycles. The van der Waals surface area contributed by atoms with E-state index in [1.54, 1.807) is 12.1 Å². The fourth-order valence-corrected chi connectivity index (χ4v) is 4.24. The molecular weight excluding hydrogens is 423 g/mol. The van der Waals surface area contributed by atoms with E-state index in [0.29, 0.717) is 4.90 Å². The first kappa shape index (κ1) is 21.9. The lowest BCUT2D eigenvalue weighted by Crippen LogP contribution is -2.41. The van der Waals surface area contributed by atoms with Crippen LogP contribution in [0.5, 0.6) is 0 Å². The predicted octanol–water partition coefficient (Wildman–Crippen LogP) is 4.11. The monoisotopic (exact) mass is 443 g/mol. The first-order valence-electron chi connectivity index (χ1n) is 9.18. The molecule has 0 bridgehead atoms. The van der Waals surface area contributed by atoms with Crippen LogP contribution in [-0.2, 0) is 21.2 Å². The van der Waals surface area contributed by atoms with Crippen molar-refractivity contribution >= 4 is 27.6 Å². The lowest BCUT2D eigenvalue weighted by Gasteiger charge is -2.23. The molecule has 0 aliphatic carbocycles. The Kier molecular flexibility index (Phi) is 5.93. The van der Waals surface area contributed by atoms with E-state index in [2.05, 4.69) is 14.4 Å². The average molecular weight is 443 g/mol. The highest BCUT2D eigenvalue weighted by molar-refractivity contribution is 7.92. The van der Waals surface area contributed by atoms with Crippen molar-refractivity contribution in [3.63, 3.8) is 0 Å². The molecule has 162 valence electrons. The molecule has 2 heterocycles. The third-order valence-electron chi connectivity index (χ3n) is 4.62. The third kappa shape index (κ3) is 4.35. The second-order valence-electron chi connectivity index (χ2n) is 6.83. The van der Waals surface area contributed by atoms with E-state index in [9.17, 15) is 26.4 Å². The number of carbonyl (C=O) groups excluding carboxylic acids is 1. The molecule has 2 atom stereocenters. The van der Waals surface area contributed by atoms with E-state index in [4.69, 9.17) is 0 Å². The summed E-state index contributed by atoms with van der Waals surface area (Å²) < 4.78 is 71.7. The molecule has 30 heavy (non-hydrogen) atoms. The molecule has 1 aliphatic heterocycles. The van der Waals surface area contributed by atoms with Gasteiger partial charge in [0.2, 0.25) is 6.10 Å². The van der Waals surface area contributed by atoms with Crippen molar-refractivity contribution in [2.75, 3.05) is 9.62 Å². The number of nitrogens with zero attached hydrogens (tertiary/aromatic N) is 2. The van der Waals surface area contributed by atoms with Gasteiger partial charge in [-0.25, -0.2) is 18.2 Å². The quantitative estimate of drug-likeness (QED) is 0.726. The minimum Gasteiger partial charge on any atom is -0.434 e. The van der Waals surface area contributed by atoms with Gasteiger partial charge in [0.1, 0.15) is 0 Å². The number of pyridine rings is 1. The number of aryl methyl sites for hydroxylation is 1. The topological polar surface area (TPSA) is 88.6 Å².